The number of rotatable bonds is 3. The normalized spacial score (nSPS) is 10.4. The first-order valence-corrected chi connectivity index (χ1v) is 5.26. The molecule has 0 aromatic carbocycles. The van der Waals surface area contributed by atoms with Crippen LogP contribution in [0.25, 0.3) is 0 Å². The Morgan fingerprint density at radius 1 is 1.33 bits per heavy atom. The van der Waals surface area contributed by atoms with Gasteiger partial charge in [-0.25, -0.2) is 4.79 Å². The van der Waals surface area contributed by atoms with Crippen LogP contribution in [0.4, 0.5) is 0 Å². The molecule has 6 heteroatoms. The lowest BCUT2D eigenvalue weighted by atomic mass is 10.2. The molecule has 0 aliphatic heterocycles. The first kappa shape index (κ1) is 12.1. The largest absolute Gasteiger partial charge is 0.463 e. The summed E-state index contributed by atoms with van der Waals surface area (Å²) in [6.45, 7) is 1.84. The predicted octanol–water partition coefficient (Wildman–Crippen LogP) is 1.34. The van der Waals surface area contributed by atoms with Crippen molar-refractivity contribution < 1.29 is 18.7 Å². The number of aromatic nitrogens is 2. The third kappa shape index (κ3) is 2.04. The summed E-state index contributed by atoms with van der Waals surface area (Å²) in [5.74, 6) is -0.929. The standard InChI is InChI=1S/C12H12N2O4/c1-7-6-8(13-14(7)2)11(15)9-4-5-10(18-9)12(16)17-3/h4-6H,1-3H3. The number of hydrogen-bond acceptors (Lipinski definition) is 5. The second-order valence-electron chi connectivity index (χ2n) is 3.78. The smallest absolute Gasteiger partial charge is 0.373 e. The molecule has 0 aliphatic carbocycles. The molecule has 0 aliphatic rings. The summed E-state index contributed by atoms with van der Waals surface area (Å²) in [5.41, 5.74) is 1.14. The first-order chi connectivity index (χ1) is 8.52. The lowest BCUT2D eigenvalue weighted by molar-refractivity contribution is 0.0563. The van der Waals surface area contributed by atoms with Crippen LogP contribution >= 0.6 is 0 Å². The molecule has 6 nitrogen and oxygen atoms in total. The summed E-state index contributed by atoms with van der Waals surface area (Å²) in [5, 5.41) is 4.05. The van der Waals surface area contributed by atoms with Crippen molar-refractivity contribution >= 4 is 11.8 Å². The van der Waals surface area contributed by atoms with Gasteiger partial charge in [0.1, 0.15) is 5.69 Å². The van der Waals surface area contributed by atoms with Crippen LogP contribution in [-0.4, -0.2) is 28.6 Å². The van der Waals surface area contributed by atoms with E-state index >= 15 is 0 Å². The zero-order valence-electron chi connectivity index (χ0n) is 10.3. The van der Waals surface area contributed by atoms with E-state index in [0.717, 1.165) is 5.69 Å². The van der Waals surface area contributed by atoms with Gasteiger partial charge in [-0.15, -0.1) is 0 Å². The van der Waals surface area contributed by atoms with E-state index in [1.54, 1.807) is 17.8 Å². The van der Waals surface area contributed by atoms with Gasteiger partial charge in [0.05, 0.1) is 7.11 Å². The van der Waals surface area contributed by atoms with Crippen LogP contribution < -0.4 is 0 Å². The second kappa shape index (κ2) is 4.48. The van der Waals surface area contributed by atoms with Crippen LogP contribution in [0.1, 0.15) is 32.5 Å². The highest BCUT2D eigenvalue weighted by Gasteiger charge is 2.19. The van der Waals surface area contributed by atoms with Crippen LogP contribution in [0.2, 0.25) is 0 Å². The van der Waals surface area contributed by atoms with Gasteiger partial charge < -0.3 is 9.15 Å². The van der Waals surface area contributed by atoms with Crippen LogP contribution in [0.15, 0.2) is 22.6 Å². The molecular weight excluding hydrogens is 236 g/mol. The summed E-state index contributed by atoms with van der Waals surface area (Å²) >= 11 is 0. The molecule has 2 rings (SSSR count). The van der Waals surface area contributed by atoms with Crippen molar-refractivity contribution in [3.63, 3.8) is 0 Å². The molecule has 0 N–H and O–H groups in total. The maximum absolute atomic E-state index is 12.0. The highest BCUT2D eigenvalue weighted by molar-refractivity contribution is 6.06. The quantitative estimate of drug-likeness (QED) is 0.605. The molecule has 0 bridgehead atoms. The number of hydrogen-bond donors (Lipinski definition) is 0. The van der Waals surface area contributed by atoms with Crippen molar-refractivity contribution in [1.82, 2.24) is 9.78 Å². The molecule has 0 atom stereocenters. The third-order valence-corrected chi connectivity index (χ3v) is 2.56. The fraction of sp³-hybridized carbons (Fsp3) is 0.250. The third-order valence-electron chi connectivity index (χ3n) is 2.56. The van der Waals surface area contributed by atoms with Gasteiger partial charge in [-0.1, -0.05) is 0 Å². The number of aryl methyl sites for hydroxylation is 2. The van der Waals surface area contributed by atoms with Gasteiger partial charge in [-0.3, -0.25) is 9.48 Å². The number of esters is 1. The Morgan fingerprint density at radius 2 is 2.00 bits per heavy atom. The fourth-order valence-electron chi connectivity index (χ4n) is 1.47. The average Bonchev–Trinajstić information content (AvgIpc) is 2.96. The molecule has 0 fully saturated rings. The van der Waals surface area contributed by atoms with Gasteiger partial charge in [0.15, 0.2) is 5.76 Å². The van der Waals surface area contributed by atoms with Crippen LogP contribution in [0.3, 0.4) is 0 Å². The highest BCUT2D eigenvalue weighted by atomic mass is 16.5. The molecule has 2 aromatic rings. The monoisotopic (exact) mass is 248 g/mol. The first-order valence-electron chi connectivity index (χ1n) is 5.26. The van der Waals surface area contributed by atoms with Crippen molar-refractivity contribution in [1.29, 1.82) is 0 Å². The molecule has 0 saturated carbocycles. The Hall–Kier alpha value is -2.37. The van der Waals surface area contributed by atoms with Crippen LogP contribution in [-0.2, 0) is 11.8 Å². The number of ether oxygens (including phenoxy) is 1. The van der Waals surface area contributed by atoms with E-state index in [-0.39, 0.29) is 23.0 Å². The van der Waals surface area contributed by atoms with Crippen molar-refractivity contribution in [2.75, 3.05) is 7.11 Å². The number of methoxy groups -OCH3 is 1. The Kier molecular flexibility index (Phi) is 3.01. The molecular formula is C12H12N2O4. The van der Waals surface area contributed by atoms with E-state index in [4.69, 9.17) is 4.42 Å². The number of carbonyl (C=O) groups excluding carboxylic acids is 2. The van der Waals surface area contributed by atoms with Crippen molar-refractivity contribution in [2.45, 2.75) is 6.92 Å². The van der Waals surface area contributed by atoms with Crippen LogP contribution in [0.5, 0.6) is 0 Å². The molecule has 0 radical (unpaired) electrons. The Balaban J connectivity index is 2.29. The predicted molar refractivity (Wildman–Crippen MR) is 61.4 cm³/mol. The topological polar surface area (TPSA) is 74.3 Å². The second-order valence-corrected chi connectivity index (χ2v) is 3.78. The number of carbonyl (C=O) groups is 2. The van der Waals surface area contributed by atoms with E-state index < -0.39 is 5.97 Å². The minimum atomic E-state index is -0.619. The molecule has 0 amide bonds. The lowest BCUT2D eigenvalue weighted by Crippen LogP contribution is -2.03. The summed E-state index contributed by atoms with van der Waals surface area (Å²) < 4.78 is 11.2. The summed E-state index contributed by atoms with van der Waals surface area (Å²) in [7, 11) is 2.99. The zero-order valence-corrected chi connectivity index (χ0v) is 10.3. The maximum atomic E-state index is 12.0. The van der Waals surface area contributed by atoms with Gasteiger partial charge in [-0.2, -0.15) is 5.10 Å². The van der Waals surface area contributed by atoms with Crippen molar-refractivity contribution in [3.05, 3.63) is 41.1 Å². The molecule has 0 saturated heterocycles. The van der Waals surface area contributed by atoms with E-state index in [1.165, 1.54) is 19.2 Å². The zero-order chi connectivity index (χ0) is 13.3. The fourth-order valence-corrected chi connectivity index (χ4v) is 1.47. The van der Waals surface area contributed by atoms with Crippen molar-refractivity contribution in [2.24, 2.45) is 7.05 Å². The van der Waals surface area contributed by atoms with Crippen molar-refractivity contribution in [3.8, 4) is 0 Å². The molecule has 18 heavy (non-hydrogen) atoms. The van der Waals surface area contributed by atoms with E-state index in [1.807, 2.05) is 6.92 Å². The van der Waals surface area contributed by atoms with Crippen LogP contribution in [0, 0.1) is 6.92 Å². The lowest BCUT2D eigenvalue weighted by Gasteiger charge is -1.94. The van der Waals surface area contributed by atoms with E-state index in [9.17, 15) is 9.59 Å². The Bertz CT molecular complexity index is 590. The molecule has 0 spiro atoms. The van der Waals surface area contributed by atoms with Gasteiger partial charge >= 0.3 is 5.97 Å². The minimum absolute atomic E-state index is 0.00602. The van der Waals surface area contributed by atoms with E-state index in [2.05, 4.69) is 9.84 Å². The average molecular weight is 248 g/mol. The number of nitrogens with zero attached hydrogens (tertiary/aromatic N) is 2. The SMILES string of the molecule is COC(=O)c1ccc(C(=O)c2cc(C)n(C)n2)o1. The van der Waals surface area contributed by atoms with Gasteiger partial charge in [0, 0.05) is 12.7 Å². The summed E-state index contributed by atoms with van der Waals surface area (Å²) in [4.78, 5) is 23.2. The number of ketones is 1. The maximum Gasteiger partial charge on any atom is 0.373 e. The van der Waals surface area contributed by atoms with Gasteiger partial charge in [0.25, 0.3) is 0 Å². The molecule has 0 unspecified atom stereocenters. The Morgan fingerprint density at radius 3 is 2.56 bits per heavy atom. The highest BCUT2D eigenvalue weighted by Crippen LogP contribution is 2.14. The minimum Gasteiger partial charge on any atom is -0.463 e. The molecule has 94 valence electrons. The molecule has 2 heterocycles. The number of furan rings is 1. The van der Waals surface area contributed by atoms with Gasteiger partial charge in [0.2, 0.25) is 11.5 Å². The van der Waals surface area contributed by atoms with E-state index in [0.29, 0.717) is 0 Å². The summed E-state index contributed by atoms with van der Waals surface area (Å²) in [6.07, 6.45) is 0. The molecule has 2 aromatic heterocycles. The Labute approximate surface area is 103 Å². The van der Waals surface area contributed by atoms with Gasteiger partial charge in [-0.05, 0) is 25.1 Å². The summed E-state index contributed by atoms with van der Waals surface area (Å²) in [6, 6.07) is 4.48.